The van der Waals surface area contributed by atoms with Crippen molar-refractivity contribution in [3.63, 3.8) is 0 Å². The van der Waals surface area contributed by atoms with Gasteiger partial charge < -0.3 is 11.1 Å². The molecule has 1 aromatic carbocycles. The first-order valence-electron chi connectivity index (χ1n) is 6.65. The van der Waals surface area contributed by atoms with E-state index in [1.807, 2.05) is 12.1 Å². The molecule has 0 aliphatic heterocycles. The SMILES string of the molecule is CC(C)(C)NCc1cc(Cl)ccc1-n1ccc(C(N)=O)n1. The fraction of sp³-hybridized carbons (Fsp3) is 0.333. The van der Waals surface area contributed by atoms with Gasteiger partial charge >= 0.3 is 0 Å². The molecule has 0 bridgehead atoms. The second-order valence-electron chi connectivity index (χ2n) is 5.89. The summed E-state index contributed by atoms with van der Waals surface area (Å²) < 4.78 is 1.64. The molecule has 2 rings (SSSR count). The van der Waals surface area contributed by atoms with E-state index >= 15 is 0 Å². The molecule has 1 heterocycles. The minimum Gasteiger partial charge on any atom is -0.364 e. The summed E-state index contributed by atoms with van der Waals surface area (Å²) in [6.07, 6.45) is 1.71. The van der Waals surface area contributed by atoms with E-state index in [1.165, 1.54) is 0 Å². The van der Waals surface area contributed by atoms with Crippen molar-refractivity contribution in [3.05, 3.63) is 46.7 Å². The molecular formula is C15H19ClN4O. The van der Waals surface area contributed by atoms with E-state index in [9.17, 15) is 4.79 Å². The van der Waals surface area contributed by atoms with Crippen molar-refractivity contribution in [3.8, 4) is 5.69 Å². The summed E-state index contributed by atoms with van der Waals surface area (Å²) in [4.78, 5) is 11.2. The van der Waals surface area contributed by atoms with E-state index in [4.69, 9.17) is 17.3 Å². The molecule has 2 aromatic rings. The number of primary amides is 1. The topological polar surface area (TPSA) is 72.9 Å². The van der Waals surface area contributed by atoms with Crippen LogP contribution in [0.3, 0.4) is 0 Å². The van der Waals surface area contributed by atoms with Crippen LogP contribution < -0.4 is 11.1 Å². The molecule has 0 aliphatic carbocycles. The number of benzene rings is 1. The highest BCUT2D eigenvalue weighted by atomic mass is 35.5. The van der Waals surface area contributed by atoms with Crippen molar-refractivity contribution >= 4 is 17.5 Å². The zero-order valence-electron chi connectivity index (χ0n) is 12.4. The van der Waals surface area contributed by atoms with Crippen LogP contribution in [0.5, 0.6) is 0 Å². The van der Waals surface area contributed by atoms with Crippen molar-refractivity contribution in [2.24, 2.45) is 5.73 Å². The van der Waals surface area contributed by atoms with Crippen molar-refractivity contribution in [2.75, 3.05) is 0 Å². The van der Waals surface area contributed by atoms with Gasteiger partial charge in [-0.05, 0) is 50.6 Å². The quantitative estimate of drug-likeness (QED) is 0.911. The zero-order chi connectivity index (χ0) is 15.6. The van der Waals surface area contributed by atoms with Gasteiger partial charge in [0.05, 0.1) is 5.69 Å². The first kappa shape index (κ1) is 15.5. The Morgan fingerprint density at radius 1 is 1.38 bits per heavy atom. The van der Waals surface area contributed by atoms with Crippen LogP contribution in [0.25, 0.3) is 5.69 Å². The Kier molecular flexibility index (Phi) is 4.34. The number of nitrogens with one attached hydrogen (secondary N) is 1. The maximum atomic E-state index is 11.2. The second-order valence-corrected chi connectivity index (χ2v) is 6.32. The average Bonchev–Trinajstić information content (AvgIpc) is 2.85. The predicted molar refractivity (Wildman–Crippen MR) is 83.7 cm³/mol. The molecule has 0 fully saturated rings. The third-order valence-corrected chi connectivity index (χ3v) is 3.17. The van der Waals surface area contributed by atoms with E-state index in [0.29, 0.717) is 11.6 Å². The Bertz CT molecular complexity index is 658. The smallest absolute Gasteiger partial charge is 0.269 e. The highest BCUT2D eigenvalue weighted by molar-refractivity contribution is 6.30. The van der Waals surface area contributed by atoms with Gasteiger partial charge in [-0.25, -0.2) is 4.68 Å². The van der Waals surface area contributed by atoms with Gasteiger partial charge in [0.25, 0.3) is 5.91 Å². The van der Waals surface area contributed by atoms with Gasteiger partial charge in [0.1, 0.15) is 5.69 Å². The Labute approximate surface area is 129 Å². The summed E-state index contributed by atoms with van der Waals surface area (Å²) in [5.41, 5.74) is 7.32. The Balaban J connectivity index is 2.35. The average molecular weight is 307 g/mol. The maximum Gasteiger partial charge on any atom is 0.269 e. The number of halogens is 1. The molecular weight excluding hydrogens is 288 g/mol. The van der Waals surface area contributed by atoms with Gasteiger partial charge in [-0.3, -0.25) is 4.79 Å². The number of nitrogens with two attached hydrogens (primary N) is 1. The minimum atomic E-state index is -0.544. The lowest BCUT2D eigenvalue weighted by atomic mass is 10.1. The molecule has 3 N–H and O–H groups in total. The second kappa shape index (κ2) is 5.87. The summed E-state index contributed by atoms with van der Waals surface area (Å²) in [6, 6.07) is 7.15. The summed E-state index contributed by atoms with van der Waals surface area (Å²) in [7, 11) is 0. The number of amides is 1. The highest BCUT2D eigenvalue weighted by Crippen LogP contribution is 2.20. The van der Waals surface area contributed by atoms with E-state index in [0.717, 1.165) is 11.3 Å². The summed E-state index contributed by atoms with van der Waals surface area (Å²) in [6.45, 7) is 6.92. The third-order valence-electron chi connectivity index (χ3n) is 2.94. The Morgan fingerprint density at radius 3 is 2.67 bits per heavy atom. The van der Waals surface area contributed by atoms with Crippen LogP contribution in [0.2, 0.25) is 5.02 Å². The summed E-state index contributed by atoms with van der Waals surface area (Å²) >= 11 is 6.08. The zero-order valence-corrected chi connectivity index (χ0v) is 13.1. The summed E-state index contributed by atoms with van der Waals surface area (Å²) in [5.74, 6) is -0.544. The van der Waals surface area contributed by atoms with Crippen molar-refractivity contribution in [2.45, 2.75) is 32.9 Å². The lowest BCUT2D eigenvalue weighted by Gasteiger charge is -2.21. The van der Waals surface area contributed by atoms with E-state index < -0.39 is 5.91 Å². The van der Waals surface area contributed by atoms with Gasteiger partial charge in [0.15, 0.2) is 0 Å². The number of carbonyl (C=O) groups excluding carboxylic acids is 1. The molecule has 1 amide bonds. The van der Waals surface area contributed by atoms with Crippen molar-refractivity contribution in [1.29, 1.82) is 0 Å². The Hall–Kier alpha value is -1.85. The van der Waals surface area contributed by atoms with E-state index in [1.54, 1.807) is 23.0 Å². The maximum absolute atomic E-state index is 11.2. The van der Waals surface area contributed by atoms with Crippen molar-refractivity contribution < 1.29 is 4.79 Å². The number of hydrogen-bond donors (Lipinski definition) is 2. The molecule has 0 saturated carbocycles. The molecule has 0 spiro atoms. The highest BCUT2D eigenvalue weighted by Gasteiger charge is 2.13. The lowest BCUT2D eigenvalue weighted by Crippen LogP contribution is -2.35. The predicted octanol–water partition coefficient (Wildman–Crippen LogP) is 2.51. The van der Waals surface area contributed by atoms with Gasteiger partial charge in [-0.15, -0.1) is 0 Å². The molecule has 0 atom stereocenters. The van der Waals surface area contributed by atoms with Gasteiger partial charge in [-0.2, -0.15) is 5.10 Å². The van der Waals surface area contributed by atoms with Crippen LogP contribution in [-0.2, 0) is 6.54 Å². The molecule has 0 saturated heterocycles. The number of carbonyl (C=O) groups is 1. The van der Waals surface area contributed by atoms with Crippen LogP contribution in [0.1, 0.15) is 36.8 Å². The van der Waals surface area contributed by atoms with Crippen LogP contribution in [0.15, 0.2) is 30.5 Å². The van der Waals surface area contributed by atoms with E-state index in [2.05, 4.69) is 31.2 Å². The normalized spacial score (nSPS) is 11.6. The fourth-order valence-electron chi connectivity index (χ4n) is 1.87. The molecule has 0 unspecified atom stereocenters. The molecule has 5 nitrogen and oxygen atoms in total. The minimum absolute atomic E-state index is 0.0118. The standard InChI is InChI=1S/C15H19ClN4O/c1-15(2,3)18-9-10-8-11(16)4-5-13(10)20-7-6-12(19-20)14(17)21/h4-8,18H,9H2,1-3H3,(H2,17,21). The molecule has 0 aliphatic rings. The largest absolute Gasteiger partial charge is 0.364 e. The monoisotopic (exact) mass is 306 g/mol. The van der Waals surface area contributed by atoms with Gasteiger partial charge in [0.2, 0.25) is 0 Å². The molecule has 112 valence electrons. The number of rotatable bonds is 4. The first-order valence-corrected chi connectivity index (χ1v) is 7.03. The number of nitrogens with zero attached hydrogens (tertiary/aromatic N) is 2. The Morgan fingerprint density at radius 2 is 2.10 bits per heavy atom. The van der Waals surface area contributed by atoms with Crippen LogP contribution in [-0.4, -0.2) is 21.2 Å². The van der Waals surface area contributed by atoms with E-state index in [-0.39, 0.29) is 11.2 Å². The third kappa shape index (κ3) is 4.06. The lowest BCUT2D eigenvalue weighted by molar-refractivity contribution is 0.0995. The fourth-order valence-corrected chi connectivity index (χ4v) is 2.06. The van der Waals surface area contributed by atoms with Crippen LogP contribution in [0.4, 0.5) is 0 Å². The molecule has 1 aromatic heterocycles. The number of aromatic nitrogens is 2. The van der Waals surface area contributed by atoms with Crippen molar-refractivity contribution in [1.82, 2.24) is 15.1 Å². The molecule has 21 heavy (non-hydrogen) atoms. The van der Waals surface area contributed by atoms with Gasteiger partial charge in [-0.1, -0.05) is 11.6 Å². The molecule has 0 radical (unpaired) electrons. The van der Waals surface area contributed by atoms with Crippen LogP contribution >= 0.6 is 11.6 Å². The molecule has 6 heteroatoms. The van der Waals surface area contributed by atoms with Gasteiger partial charge in [0, 0.05) is 23.3 Å². The first-order chi connectivity index (χ1) is 9.76. The summed E-state index contributed by atoms with van der Waals surface area (Å²) in [5, 5.41) is 8.26. The van der Waals surface area contributed by atoms with Crippen LogP contribution in [0, 0.1) is 0 Å². The number of hydrogen-bond acceptors (Lipinski definition) is 3.